The van der Waals surface area contributed by atoms with Gasteiger partial charge in [0.05, 0.1) is 6.54 Å². The zero-order valence-electron chi connectivity index (χ0n) is 11.5. The number of carbonyl (C=O) groups is 3. The van der Waals surface area contributed by atoms with Crippen molar-refractivity contribution in [3.63, 3.8) is 0 Å². The highest BCUT2D eigenvalue weighted by molar-refractivity contribution is 7.98. The second-order valence-electron chi connectivity index (χ2n) is 4.63. The topological polar surface area (TPSA) is 113 Å². The van der Waals surface area contributed by atoms with E-state index < -0.39 is 24.0 Å². The Bertz CT molecular complexity index is 378. The van der Waals surface area contributed by atoms with E-state index in [0.717, 1.165) is 0 Å². The van der Waals surface area contributed by atoms with Gasteiger partial charge in [0.1, 0.15) is 12.1 Å². The lowest BCUT2D eigenvalue weighted by molar-refractivity contribution is -0.149. The molecule has 0 aromatic rings. The molecule has 114 valence electrons. The Hall–Kier alpha value is -1.28. The van der Waals surface area contributed by atoms with E-state index in [0.29, 0.717) is 31.6 Å². The highest BCUT2D eigenvalue weighted by Crippen LogP contribution is 2.19. The predicted molar refractivity (Wildman–Crippen MR) is 76.4 cm³/mol. The third kappa shape index (κ3) is 4.38. The van der Waals surface area contributed by atoms with Crippen LogP contribution < -0.4 is 11.1 Å². The Labute approximate surface area is 122 Å². The summed E-state index contributed by atoms with van der Waals surface area (Å²) in [5, 5.41) is 11.7. The number of likely N-dealkylation sites (tertiary alicyclic amines) is 1. The number of nitrogens with two attached hydrogens (primary N) is 1. The molecule has 7 nitrogen and oxygen atoms in total. The van der Waals surface area contributed by atoms with Crippen molar-refractivity contribution in [3.8, 4) is 0 Å². The third-order valence-electron chi connectivity index (χ3n) is 3.25. The average molecular weight is 303 g/mol. The number of carboxylic acids is 1. The molecule has 1 rings (SSSR count). The number of hydrogen-bond donors (Lipinski definition) is 3. The van der Waals surface area contributed by atoms with Gasteiger partial charge in [0, 0.05) is 6.54 Å². The van der Waals surface area contributed by atoms with Crippen molar-refractivity contribution in [2.24, 2.45) is 5.73 Å². The number of amides is 2. The number of thioether (sulfide) groups is 1. The molecular formula is C12H21N3O4S. The zero-order valence-corrected chi connectivity index (χ0v) is 12.3. The lowest BCUT2D eigenvalue weighted by Crippen LogP contribution is -2.52. The highest BCUT2D eigenvalue weighted by atomic mass is 32.2. The second kappa shape index (κ2) is 8.11. The summed E-state index contributed by atoms with van der Waals surface area (Å²) in [4.78, 5) is 36.3. The van der Waals surface area contributed by atoms with Crippen LogP contribution in [0, 0.1) is 0 Å². The maximum Gasteiger partial charge on any atom is 0.326 e. The molecule has 0 spiro atoms. The van der Waals surface area contributed by atoms with Gasteiger partial charge in [-0.3, -0.25) is 9.59 Å². The summed E-state index contributed by atoms with van der Waals surface area (Å²) in [5.74, 6) is -1.03. The van der Waals surface area contributed by atoms with E-state index in [1.807, 2.05) is 6.26 Å². The monoisotopic (exact) mass is 303 g/mol. The van der Waals surface area contributed by atoms with Crippen LogP contribution in [0.4, 0.5) is 0 Å². The molecule has 1 heterocycles. The van der Waals surface area contributed by atoms with Crippen molar-refractivity contribution in [2.45, 2.75) is 31.3 Å². The van der Waals surface area contributed by atoms with E-state index in [4.69, 9.17) is 10.8 Å². The summed E-state index contributed by atoms with van der Waals surface area (Å²) in [6.07, 6.45) is 3.50. The molecule has 0 bridgehead atoms. The summed E-state index contributed by atoms with van der Waals surface area (Å²) in [7, 11) is 0. The van der Waals surface area contributed by atoms with Crippen LogP contribution in [-0.4, -0.2) is 65.0 Å². The number of rotatable bonds is 7. The number of carboxylic acid groups (broad SMARTS) is 1. The van der Waals surface area contributed by atoms with Gasteiger partial charge in [0.15, 0.2) is 0 Å². The predicted octanol–water partition coefficient (Wildman–Crippen LogP) is -0.741. The Morgan fingerprint density at radius 1 is 1.50 bits per heavy atom. The van der Waals surface area contributed by atoms with Crippen LogP contribution in [-0.2, 0) is 14.4 Å². The first kappa shape index (κ1) is 16.8. The third-order valence-corrected chi connectivity index (χ3v) is 3.89. The van der Waals surface area contributed by atoms with Crippen molar-refractivity contribution < 1.29 is 19.5 Å². The molecule has 4 N–H and O–H groups in total. The van der Waals surface area contributed by atoms with Crippen molar-refractivity contribution in [1.29, 1.82) is 0 Å². The molecule has 0 radical (unpaired) electrons. The first-order chi connectivity index (χ1) is 9.51. The number of nitrogens with zero attached hydrogens (tertiary/aromatic N) is 1. The Morgan fingerprint density at radius 3 is 2.75 bits per heavy atom. The van der Waals surface area contributed by atoms with E-state index in [-0.39, 0.29) is 12.5 Å². The zero-order chi connectivity index (χ0) is 15.1. The molecule has 0 aromatic carbocycles. The molecule has 0 saturated carbocycles. The Morgan fingerprint density at radius 2 is 2.20 bits per heavy atom. The van der Waals surface area contributed by atoms with E-state index in [1.165, 1.54) is 4.90 Å². The van der Waals surface area contributed by atoms with E-state index in [2.05, 4.69) is 5.32 Å². The molecule has 1 aliphatic rings. The average Bonchev–Trinajstić information content (AvgIpc) is 2.91. The van der Waals surface area contributed by atoms with Crippen LogP contribution in [0.3, 0.4) is 0 Å². The van der Waals surface area contributed by atoms with E-state index >= 15 is 0 Å². The molecule has 2 atom stereocenters. The molecule has 1 fully saturated rings. The smallest absolute Gasteiger partial charge is 0.326 e. The Kier molecular flexibility index (Phi) is 6.80. The maximum atomic E-state index is 12.4. The van der Waals surface area contributed by atoms with Gasteiger partial charge in [0.25, 0.3) is 0 Å². The summed E-state index contributed by atoms with van der Waals surface area (Å²) >= 11 is 1.56. The number of hydrogen-bond acceptors (Lipinski definition) is 5. The summed E-state index contributed by atoms with van der Waals surface area (Å²) in [6, 6.07) is -1.48. The van der Waals surface area contributed by atoms with Gasteiger partial charge in [-0.25, -0.2) is 4.79 Å². The van der Waals surface area contributed by atoms with Gasteiger partial charge in [-0.05, 0) is 31.3 Å². The van der Waals surface area contributed by atoms with Crippen molar-refractivity contribution in [1.82, 2.24) is 10.2 Å². The number of carbonyl (C=O) groups excluding carboxylic acids is 2. The van der Waals surface area contributed by atoms with Gasteiger partial charge >= 0.3 is 5.97 Å². The molecule has 8 heteroatoms. The fourth-order valence-electron chi connectivity index (χ4n) is 2.23. The SMILES string of the molecule is CSCCC(NC(=O)CN)C(=O)N1CCCC1C(=O)O. The molecule has 1 saturated heterocycles. The molecule has 2 amide bonds. The molecule has 2 unspecified atom stereocenters. The molecular weight excluding hydrogens is 282 g/mol. The Balaban J connectivity index is 2.75. The molecule has 0 aliphatic carbocycles. The van der Waals surface area contributed by atoms with Crippen LogP contribution in [0.5, 0.6) is 0 Å². The minimum Gasteiger partial charge on any atom is -0.480 e. The molecule has 0 aromatic heterocycles. The summed E-state index contributed by atoms with van der Waals surface area (Å²) < 4.78 is 0. The highest BCUT2D eigenvalue weighted by Gasteiger charge is 2.37. The van der Waals surface area contributed by atoms with Crippen LogP contribution in [0.15, 0.2) is 0 Å². The number of aliphatic carboxylic acids is 1. The van der Waals surface area contributed by atoms with Gasteiger partial charge in [-0.1, -0.05) is 0 Å². The van der Waals surface area contributed by atoms with Crippen LogP contribution in [0.2, 0.25) is 0 Å². The maximum absolute atomic E-state index is 12.4. The standard InChI is InChI=1S/C12H21N3O4S/c1-20-6-4-8(14-10(16)7-13)11(17)15-5-2-3-9(15)12(18)19/h8-9H,2-7,13H2,1H3,(H,14,16)(H,18,19). The minimum atomic E-state index is -0.996. The van der Waals surface area contributed by atoms with Crippen molar-refractivity contribution in [3.05, 3.63) is 0 Å². The minimum absolute atomic E-state index is 0.189. The summed E-state index contributed by atoms with van der Waals surface area (Å²) in [5.41, 5.74) is 5.24. The second-order valence-corrected chi connectivity index (χ2v) is 5.62. The van der Waals surface area contributed by atoms with Gasteiger partial charge in [-0.2, -0.15) is 11.8 Å². The van der Waals surface area contributed by atoms with Crippen molar-refractivity contribution >= 4 is 29.5 Å². The molecule has 20 heavy (non-hydrogen) atoms. The fourth-order valence-corrected chi connectivity index (χ4v) is 2.71. The molecule has 1 aliphatic heterocycles. The van der Waals surface area contributed by atoms with Crippen LogP contribution >= 0.6 is 11.8 Å². The fraction of sp³-hybridized carbons (Fsp3) is 0.750. The summed E-state index contributed by atoms with van der Waals surface area (Å²) in [6.45, 7) is 0.232. The normalized spacial score (nSPS) is 19.7. The number of nitrogens with one attached hydrogen (secondary N) is 1. The van der Waals surface area contributed by atoms with Gasteiger partial charge in [-0.15, -0.1) is 0 Å². The first-order valence-electron chi connectivity index (χ1n) is 6.53. The van der Waals surface area contributed by atoms with E-state index in [1.54, 1.807) is 11.8 Å². The van der Waals surface area contributed by atoms with Crippen LogP contribution in [0.25, 0.3) is 0 Å². The van der Waals surface area contributed by atoms with Gasteiger partial charge < -0.3 is 21.1 Å². The van der Waals surface area contributed by atoms with E-state index in [9.17, 15) is 14.4 Å². The quantitative estimate of drug-likeness (QED) is 0.571. The van der Waals surface area contributed by atoms with Gasteiger partial charge in [0.2, 0.25) is 11.8 Å². The largest absolute Gasteiger partial charge is 0.480 e. The lowest BCUT2D eigenvalue weighted by Gasteiger charge is -2.27. The first-order valence-corrected chi connectivity index (χ1v) is 7.92. The lowest BCUT2D eigenvalue weighted by atomic mass is 10.1. The van der Waals surface area contributed by atoms with Crippen molar-refractivity contribution in [2.75, 3.05) is 25.1 Å². The van der Waals surface area contributed by atoms with Crippen LogP contribution in [0.1, 0.15) is 19.3 Å².